The zero-order valence-corrected chi connectivity index (χ0v) is 20.6. The number of aliphatic hydroxyl groups is 1. The van der Waals surface area contributed by atoms with E-state index < -0.39 is 36.0 Å². The summed E-state index contributed by atoms with van der Waals surface area (Å²) in [6.07, 6.45) is 4.73. The van der Waals surface area contributed by atoms with E-state index in [9.17, 15) is 24.3 Å². The summed E-state index contributed by atoms with van der Waals surface area (Å²) in [5.74, 6) is -2.41. The van der Waals surface area contributed by atoms with Crippen LogP contribution in [0.2, 0.25) is 0 Å². The van der Waals surface area contributed by atoms with Crippen molar-refractivity contribution in [2.75, 3.05) is 19.8 Å². The summed E-state index contributed by atoms with van der Waals surface area (Å²) in [6, 6.07) is -0.786. The van der Waals surface area contributed by atoms with Crippen LogP contribution in [0.3, 0.4) is 0 Å². The van der Waals surface area contributed by atoms with Crippen molar-refractivity contribution in [1.29, 1.82) is 0 Å². The lowest BCUT2D eigenvalue weighted by molar-refractivity contribution is -0.164. The topological polar surface area (TPSA) is 139 Å². The largest absolute Gasteiger partial charge is 0.457 e. The highest BCUT2D eigenvalue weighted by atomic mass is 32.2. The maximum absolute atomic E-state index is 12.9. The first-order valence-electron chi connectivity index (χ1n) is 11.3. The molecule has 3 N–H and O–H groups in total. The molecule has 0 bridgehead atoms. The molecule has 2 saturated heterocycles. The molecular formula is C24H31N3O7S. The number of hydrogen-bond acceptors (Lipinski definition) is 8. The number of esters is 1. The zero-order valence-electron chi connectivity index (χ0n) is 19.8. The average Bonchev–Trinajstić information content (AvgIpc) is 3.31. The van der Waals surface area contributed by atoms with Gasteiger partial charge in [0.15, 0.2) is 0 Å². The van der Waals surface area contributed by atoms with Crippen molar-refractivity contribution in [2.24, 2.45) is 17.6 Å². The predicted octanol–water partition coefficient (Wildman–Crippen LogP) is 1.32. The van der Waals surface area contributed by atoms with Gasteiger partial charge < -0.3 is 30.1 Å². The number of β-lactam (4-membered cyclic amide) rings is 1. The average molecular weight is 506 g/mol. The van der Waals surface area contributed by atoms with Gasteiger partial charge in [0.25, 0.3) is 0 Å². The minimum atomic E-state index is -0.856. The van der Waals surface area contributed by atoms with Crippen LogP contribution in [0.25, 0.3) is 0 Å². The number of primary amides is 1. The summed E-state index contributed by atoms with van der Waals surface area (Å²) in [5.41, 5.74) is 5.41. The van der Waals surface area contributed by atoms with Crippen molar-refractivity contribution in [3.05, 3.63) is 48.1 Å². The number of rotatable bonds is 10. The maximum atomic E-state index is 12.9. The van der Waals surface area contributed by atoms with Gasteiger partial charge in [-0.2, -0.15) is 0 Å². The Morgan fingerprint density at radius 1 is 1.26 bits per heavy atom. The van der Waals surface area contributed by atoms with Crippen LogP contribution in [-0.2, 0) is 23.9 Å². The van der Waals surface area contributed by atoms with Crippen LogP contribution in [0.5, 0.6) is 0 Å². The lowest BCUT2D eigenvalue weighted by atomic mass is 9.79. The van der Waals surface area contributed by atoms with Gasteiger partial charge in [-0.15, -0.1) is 11.8 Å². The Labute approximate surface area is 208 Å². The van der Waals surface area contributed by atoms with Gasteiger partial charge in [-0.1, -0.05) is 38.3 Å². The normalized spacial score (nSPS) is 28.5. The third-order valence-electron chi connectivity index (χ3n) is 6.27. The Kier molecular flexibility index (Phi) is 8.44. The number of carbonyl (C=O) groups excluding carboxylic acids is 4. The molecule has 0 aromatic rings. The lowest BCUT2D eigenvalue weighted by Crippen LogP contribution is -2.63. The van der Waals surface area contributed by atoms with Crippen molar-refractivity contribution in [3.63, 3.8) is 0 Å². The van der Waals surface area contributed by atoms with Crippen LogP contribution in [0.4, 0.5) is 4.79 Å². The fourth-order valence-electron chi connectivity index (χ4n) is 4.77. The molecule has 0 aromatic carbocycles. The molecule has 0 aliphatic carbocycles. The number of likely N-dealkylation sites (tertiary alicyclic amines) is 1. The molecule has 0 spiro atoms. The van der Waals surface area contributed by atoms with E-state index in [1.54, 1.807) is 13.0 Å². The molecule has 3 rings (SSSR count). The van der Waals surface area contributed by atoms with Crippen LogP contribution >= 0.6 is 11.8 Å². The first-order valence-corrected chi connectivity index (χ1v) is 12.2. The summed E-state index contributed by atoms with van der Waals surface area (Å²) in [7, 11) is 0. The molecule has 10 nitrogen and oxygen atoms in total. The second-order valence-corrected chi connectivity index (χ2v) is 10.0. The first kappa shape index (κ1) is 26.6. The fourth-order valence-corrected chi connectivity index (χ4v) is 6.31. The van der Waals surface area contributed by atoms with Crippen LogP contribution < -0.4 is 5.73 Å². The van der Waals surface area contributed by atoms with Crippen LogP contribution in [-0.4, -0.2) is 82.0 Å². The van der Waals surface area contributed by atoms with Gasteiger partial charge in [-0.05, 0) is 13.3 Å². The Morgan fingerprint density at radius 2 is 1.91 bits per heavy atom. The predicted molar refractivity (Wildman–Crippen MR) is 130 cm³/mol. The Hall–Kier alpha value is -3.05. The Balaban J connectivity index is 1.88. The van der Waals surface area contributed by atoms with E-state index in [1.807, 2.05) is 6.92 Å². The van der Waals surface area contributed by atoms with Gasteiger partial charge in [-0.3, -0.25) is 9.59 Å². The van der Waals surface area contributed by atoms with E-state index >= 15 is 0 Å². The van der Waals surface area contributed by atoms with E-state index in [4.69, 9.17) is 15.2 Å². The number of ether oxygens (including phenoxy) is 2. The molecule has 3 heterocycles. The highest BCUT2D eigenvalue weighted by Gasteiger charge is 2.60. The van der Waals surface area contributed by atoms with Crippen molar-refractivity contribution >= 4 is 35.6 Å². The number of thioether (sulfide) groups is 1. The molecule has 3 aliphatic heterocycles. The van der Waals surface area contributed by atoms with E-state index in [2.05, 4.69) is 13.2 Å². The van der Waals surface area contributed by atoms with Gasteiger partial charge in [0.05, 0.1) is 24.1 Å². The number of nitrogens with two attached hydrogens (primary N) is 1. The van der Waals surface area contributed by atoms with E-state index in [0.717, 1.165) is 0 Å². The number of nitrogens with zero attached hydrogens (tertiary/aromatic N) is 2. The number of hydrogen-bond donors (Lipinski definition) is 2. The molecule has 35 heavy (non-hydrogen) atoms. The Morgan fingerprint density at radius 3 is 2.51 bits per heavy atom. The quantitative estimate of drug-likeness (QED) is 0.196. The number of carbonyl (C=O) groups is 4. The molecule has 190 valence electrons. The van der Waals surface area contributed by atoms with Gasteiger partial charge in [-0.25, -0.2) is 9.59 Å². The summed E-state index contributed by atoms with van der Waals surface area (Å²) in [6.45, 7) is 10.9. The molecule has 11 heteroatoms. The fraction of sp³-hybridized carbons (Fsp3) is 0.500. The van der Waals surface area contributed by atoms with Gasteiger partial charge >= 0.3 is 12.1 Å². The summed E-state index contributed by atoms with van der Waals surface area (Å²) in [4.78, 5) is 53.2. The van der Waals surface area contributed by atoms with E-state index in [0.29, 0.717) is 11.3 Å². The summed E-state index contributed by atoms with van der Waals surface area (Å²) in [5, 5.41) is 9.98. The molecule has 0 aromatic heterocycles. The molecule has 0 unspecified atom stereocenters. The van der Waals surface area contributed by atoms with Crippen molar-refractivity contribution in [2.45, 2.75) is 43.7 Å². The summed E-state index contributed by atoms with van der Waals surface area (Å²) < 4.78 is 10.5. The Bertz CT molecular complexity index is 976. The molecule has 0 radical (unpaired) electrons. The molecule has 3 amide bonds. The van der Waals surface area contributed by atoms with Gasteiger partial charge in [0.1, 0.15) is 18.9 Å². The minimum Gasteiger partial charge on any atom is -0.457 e. The zero-order chi connectivity index (χ0) is 25.9. The standard InChI is InChI=1S/C24H31N3O7S/c1-5-9-33-23(31)20-21(13(3)19-18(14(4)28)22(30)27(19)20)35-16-11-15(7-8-17(25)29)26(12-16)24(32)34-10-6-2/h5-8,13-16,18-19,28H,1-2,9-12H2,3-4H3,(H2,25,29)/b8-7+/t13-,14-,15-,16+,18-,19-/m1/s1. The monoisotopic (exact) mass is 505 g/mol. The lowest BCUT2D eigenvalue weighted by Gasteiger charge is -2.46. The van der Waals surface area contributed by atoms with Gasteiger partial charge in [0.2, 0.25) is 11.8 Å². The van der Waals surface area contributed by atoms with Crippen molar-refractivity contribution in [3.8, 4) is 0 Å². The van der Waals surface area contributed by atoms with Crippen molar-refractivity contribution in [1.82, 2.24) is 9.80 Å². The van der Waals surface area contributed by atoms with E-state index in [1.165, 1.54) is 39.8 Å². The van der Waals surface area contributed by atoms with Crippen LogP contribution in [0, 0.1) is 11.8 Å². The van der Waals surface area contributed by atoms with E-state index in [-0.39, 0.29) is 48.6 Å². The highest BCUT2D eigenvalue weighted by molar-refractivity contribution is 8.03. The molecule has 2 fully saturated rings. The molecule has 0 saturated carbocycles. The maximum Gasteiger partial charge on any atom is 0.410 e. The number of aliphatic hydroxyl groups excluding tert-OH is 1. The smallest absolute Gasteiger partial charge is 0.410 e. The minimum absolute atomic E-state index is 0.00642. The second kappa shape index (κ2) is 11.1. The van der Waals surface area contributed by atoms with Gasteiger partial charge in [0, 0.05) is 28.7 Å². The number of amides is 3. The number of fused-ring (bicyclic) bond motifs is 1. The molecular weight excluding hydrogens is 474 g/mol. The van der Waals surface area contributed by atoms with Crippen LogP contribution in [0.15, 0.2) is 48.1 Å². The molecule has 3 aliphatic rings. The van der Waals surface area contributed by atoms with Crippen molar-refractivity contribution < 1.29 is 33.8 Å². The second-order valence-electron chi connectivity index (χ2n) is 8.68. The first-order chi connectivity index (χ1) is 16.6. The SMILES string of the molecule is C=CCOC(=O)C1=C(S[C@H]2C[C@@H](/C=C/C(N)=O)N(C(=O)OCC=C)C2)[C@H](C)[C@@H]2[C@@H]([C@@H](C)O)C(=O)N12. The molecule has 6 atom stereocenters. The highest BCUT2D eigenvalue weighted by Crippen LogP contribution is 2.52. The third kappa shape index (κ3) is 5.30. The summed E-state index contributed by atoms with van der Waals surface area (Å²) >= 11 is 1.40. The third-order valence-corrected chi connectivity index (χ3v) is 7.77. The van der Waals surface area contributed by atoms with Crippen LogP contribution in [0.1, 0.15) is 20.3 Å².